The zero-order valence-electron chi connectivity index (χ0n) is 57.5. The molecule has 48 heteroatoms. The molecular weight excluding hydrogens is 1470 g/mol. The van der Waals surface area contributed by atoms with E-state index in [2.05, 4.69) is 21.3 Å². The summed E-state index contributed by atoms with van der Waals surface area (Å²) in [5, 5.41) is 282. The number of carbonyl (C=O) groups excluding carboxylic acids is 4. The lowest BCUT2D eigenvalue weighted by molar-refractivity contribution is -0.388. The lowest BCUT2D eigenvalue weighted by Gasteiger charge is -2.50. The van der Waals surface area contributed by atoms with Crippen LogP contribution >= 0.6 is 0 Å². The summed E-state index contributed by atoms with van der Waals surface area (Å²) >= 11 is 0. The molecule has 0 radical (unpaired) electrons. The Balaban J connectivity index is 1.15. The van der Waals surface area contributed by atoms with Crippen molar-refractivity contribution in [3.8, 4) is 0 Å². The summed E-state index contributed by atoms with van der Waals surface area (Å²) in [6, 6.07) is -7.16. The number of hydrogen-bond donors (Lipinski definition) is 29. The van der Waals surface area contributed by atoms with Crippen LogP contribution in [0.25, 0.3) is 0 Å². The number of rotatable bonds is 33. The number of aliphatic hydroxyl groups excluding tert-OH is 24. The van der Waals surface area contributed by atoms with E-state index < -0.39 is 340 Å². The Morgan fingerprint density at radius 1 is 0.421 bits per heavy atom. The van der Waals surface area contributed by atoms with Crippen molar-refractivity contribution in [2.24, 2.45) is 0 Å². The number of carbonyl (C=O) groups is 5. The van der Waals surface area contributed by atoms with Crippen LogP contribution in [0.1, 0.15) is 34.1 Å². The highest BCUT2D eigenvalue weighted by molar-refractivity contribution is 5.77. The SMILES string of the molecule is CC(=O)N[C@H]1[C@H](O[C@@H]([C@H](O)[C@H](CO)NC(C)=O)[C@H](O)CO)O[C@H](CO)[C@@H](O[C@@H]2O[C@H](CO[C@H]3O[C@H](CO)[C@@H](O)[C@H](O)[C@@H]3O[C@@H]3O[C@H](CO)[C@@H](O[C@@H]4O[C@H](CO[C@]5(C(=O)O)C[C@H](O)[C@@H](NC(C)=O)[C@H]([C@H](O)[C@H](O)CO)O5)[C@H](O)[C@H](O)[C@H]4O)[C@H](O)[C@H]3NC(C)=O)[C@@H](O)[C@H](O[C@H]3O[C@H](CO)[C@@H](O)[C@H](O)[C@@H]3O)[C@@H]2O)[C@@H]1O. The summed E-state index contributed by atoms with van der Waals surface area (Å²) in [4.78, 5) is 62.6. The van der Waals surface area contributed by atoms with Gasteiger partial charge in [0.15, 0.2) is 37.7 Å². The number of carboxylic acids is 1. The molecule has 0 aromatic rings. The van der Waals surface area contributed by atoms with Crippen LogP contribution < -0.4 is 21.3 Å². The molecule has 7 aliphatic heterocycles. The highest BCUT2D eigenvalue weighted by Gasteiger charge is 2.61. The second kappa shape index (κ2) is 39.5. The third-order valence-electron chi connectivity index (χ3n) is 18.9. The van der Waals surface area contributed by atoms with E-state index in [0.717, 1.165) is 27.7 Å². The predicted molar refractivity (Wildman–Crippen MR) is 330 cm³/mol. The van der Waals surface area contributed by atoms with Crippen LogP contribution in [0.15, 0.2) is 0 Å². The van der Waals surface area contributed by atoms with E-state index in [1.165, 1.54) is 0 Å². The fourth-order valence-corrected chi connectivity index (χ4v) is 13.2. The van der Waals surface area contributed by atoms with E-state index in [9.17, 15) is 152 Å². The van der Waals surface area contributed by atoms with Crippen molar-refractivity contribution in [2.45, 2.75) is 279 Å². The summed E-state index contributed by atoms with van der Waals surface area (Å²) in [5.41, 5.74) is 0. The molecule has 0 aromatic heterocycles. The number of hydrogen-bond acceptors (Lipinski definition) is 43. The van der Waals surface area contributed by atoms with E-state index in [0.29, 0.717) is 0 Å². The minimum Gasteiger partial charge on any atom is -0.477 e. The number of amides is 4. The van der Waals surface area contributed by atoms with Gasteiger partial charge in [0.2, 0.25) is 23.6 Å². The summed E-state index contributed by atoms with van der Waals surface area (Å²) in [6.07, 6.45) is -75.9. The van der Waals surface area contributed by atoms with Gasteiger partial charge in [-0.05, 0) is 0 Å². The second-order valence-electron chi connectivity index (χ2n) is 26.6. The number of aliphatic hydroxyl groups is 24. The van der Waals surface area contributed by atoms with Gasteiger partial charge < -0.3 is 215 Å². The number of nitrogens with one attached hydrogen (secondary N) is 4. The van der Waals surface area contributed by atoms with Gasteiger partial charge >= 0.3 is 5.97 Å². The quantitative estimate of drug-likeness (QED) is 0.0290. The largest absolute Gasteiger partial charge is 0.477 e. The lowest BCUT2D eigenvalue weighted by atomic mass is 9.88. The fourth-order valence-electron chi connectivity index (χ4n) is 13.2. The van der Waals surface area contributed by atoms with E-state index in [4.69, 9.17) is 66.3 Å². The zero-order chi connectivity index (χ0) is 79.7. The van der Waals surface area contributed by atoms with Crippen molar-refractivity contribution in [2.75, 3.05) is 59.5 Å². The van der Waals surface area contributed by atoms with Crippen molar-refractivity contribution in [1.29, 1.82) is 0 Å². The molecule has 29 N–H and O–H groups in total. The van der Waals surface area contributed by atoms with Gasteiger partial charge in [-0.3, -0.25) is 19.2 Å². The molecule has 7 saturated heterocycles. The monoisotopic (exact) mass is 1570 g/mol. The molecule has 0 bridgehead atoms. The van der Waals surface area contributed by atoms with Gasteiger partial charge in [-0.25, -0.2) is 4.79 Å². The lowest BCUT2D eigenvalue weighted by Crippen LogP contribution is -2.70. The van der Waals surface area contributed by atoms with Crippen LogP contribution in [-0.4, -0.2) is 461 Å². The minimum absolute atomic E-state index is 0.790. The number of carboxylic acid groups (broad SMARTS) is 1. The van der Waals surface area contributed by atoms with Gasteiger partial charge in [-0.15, -0.1) is 0 Å². The maximum atomic E-state index is 13.0. The van der Waals surface area contributed by atoms with Gasteiger partial charge in [0.1, 0.15) is 183 Å². The first-order chi connectivity index (χ1) is 50.4. The first kappa shape index (κ1) is 90.0. The van der Waals surface area contributed by atoms with Crippen LogP contribution in [0.5, 0.6) is 0 Å². The molecule has 40 atom stereocenters. The molecule has 7 fully saturated rings. The Morgan fingerprint density at radius 3 is 1.32 bits per heavy atom. The topological polar surface area (TPSA) is 768 Å². The summed E-state index contributed by atoms with van der Waals surface area (Å²) < 4.78 is 81.7. The van der Waals surface area contributed by atoms with Crippen molar-refractivity contribution < 1.29 is 218 Å². The Morgan fingerprint density at radius 2 is 0.841 bits per heavy atom. The molecule has 7 aliphatic rings. The Bertz CT molecular complexity index is 2820. The van der Waals surface area contributed by atoms with Gasteiger partial charge in [0, 0.05) is 34.1 Å². The van der Waals surface area contributed by atoms with Gasteiger partial charge in [0.05, 0.1) is 77.6 Å². The normalized spacial score (nSPS) is 43.8. The molecule has 4 amide bonds. The smallest absolute Gasteiger partial charge is 0.364 e. The van der Waals surface area contributed by atoms with Gasteiger partial charge in [-0.1, -0.05) is 0 Å². The molecule has 7 rings (SSSR count). The molecule has 48 nitrogen and oxygen atoms in total. The minimum atomic E-state index is -3.05. The maximum absolute atomic E-state index is 13.0. The zero-order valence-corrected chi connectivity index (χ0v) is 57.5. The molecule has 107 heavy (non-hydrogen) atoms. The predicted octanol–water partition coefficient (Wildman–Crippen LogP) is -19.0. The molecule has 7 heterocycles. The second-order valence-corrected chi connectivity index (χ2v) is 26.6. The van der Waals surface area contributed by atoms with Crippen LogP contribution in [0.2, 0.25) is 0 Å². The number of aliphatic carboxylic acids is 1. The Labute approximate surface area is 605 Å². The third-order valence-corrected chi connectivity index (χ3v) is 18.9. The van der Waals surface area contributed by atoms with Crippen molar-refractivity contribution in [1.82, 2.24) is 21.3 Å². The fraction of sp³-hybridized carbons (Fsp3) is 0.915. The van der Waals surface area contributed by atoms with Crippen LogP contribution in [0.3, 0.4) is 0 Å². The average Bonchev–Trinajstić information content (AvgIpc) is 0.775. The molecule has 0 saturated carbocycles. The highest BCUT2D eigenvalue weighted by Crippen LogP contribution is 2.39. The van der Waals surface area contributed by atoms with Crippen molar-refractivity contribution >= 4 is 29.6 Å². The molecule has 0 spiro atoms. The van der Waals surface area contributed by atoms with E-state index in [1.807, 2.05) is 0 Å². The first-order valence-corrected chi connectivity index (χ1v) is 33.7. The van der Waals surface area contributed by atoms with E-state index in [1.54, 1.807) is 0 Å². The van der Waals surface area contributed by atoms with E-state index >= 15 is 0 Å². The Kier molecular flexibility index (Phi) is 33.3. The first-order valence-electron chi connectivity index (χ1n) is 33.7. The summed E-state index contributed by atoms with van der Waals surface area (Å²) in [7, 11) is 0. The maximum Gasteiger partial charge on any atom is 0.364 e. The van der Waals surface area contributed by atoms with Crippen LogP contribution in [0.4, 0.5) is 0 Å². The van der Waals surface area contributed by atoms with E-state index in [-0.39, 0.29) is 0 Å². The van der Waals surface area contributed by atoms with Gasteiger partial charge in [0.25, 0.3) is 5.79 Å². The molecule has 0 aromatic carbocycles. The Hall–Kier alpha value is -4.17. The third kappa shape index (κ3) is 20.8. The summed E-state index contributed by atoms with van der Waals surface area (Å²) in [5.74, 6) is -8.62. The molecule has 620 valence electrons. The molecular formula is C59H100N4O44. The van der Waals surface area contributed by atoms with Crippen LogP contribution in [0, 0.1) is 0 Å². The number of ether oxygens (including phenoxy) is 14. The van der Waals surface area contributed by atoms with Crippen molar-refractivity contribution in [3.63, 3.8) is 0 Å². The van der Waals surface area contributed by atoms with Crippen LogP contribution in [-0.2, 0) is 90.3 Å². The van der Waals surface area contributed by atoms with Crippen molar-refractivity contribution in [3.05, 3.63) is 0 Å². The van der Waals surface area contributed by atoms with Gasteiger partial charge in [-0.2, -0.15) is 0 Å². The molecule has 0 unspecified atom stereocenters. The highest BCUT2D eigenvalue weighted by atomic mass is 16.8. The standard InChI is InChI=1S/C59H100N4O44/c1-15(71)60-19(6-64)32(78)46(22(77)8-66)102-52-30(62-17(3)73)38(84)48(26(12-70)98-52)104-56-45(91)50(105-54-43(89)40(86)34(80)23(9-67)96-54)37(83)27(100-56)13-94-57-51(42(88)35(81)24(10-68)97-57)106-53-31(63-18(4)74)39(85)47(25(11-69)99-53)103-55-44(90)41(87)36(82)28(101-55)14-95-59(58(92)93)5-20(75)29(61-16(2)72)49(107-59)33(79)21(76)7-65/h19-57,64-70,75-91H,5-14H2,1-4H3,(H,60,71)(H,61,72)(H,62,73)(H,63,74)(H,92,93)/t19-,20-,21+,22+,23+,24+,25+,26+,27+,28+,29+,30+,31+,32+,33+,34+,35+,36-,37+,38+,39+,40-,41-,42-,43-,44+,45-,46+,47+,48+,49+,50-,51-,52-,53-,54+,55-,56-,57-,59+/m0/s1. The molecule has 0 aliphatic carbocycles. The summed E-state index contributed by atoms with van der Waals surface area (Å²) in [6.45, 7) is -6.34. The average molecular weight is 1570 g/mol.